The Bertz CT molecular complexity index is 662. The fourth-order valence-electron chi connectivity index (χ4n) is 1.94. The number of nitrogens with zero attached hydrogens (tertiary/aromatic N) is 2. The van der Waals surface area contributed by atoms with Gasteiger partial charge in [-0.2, -0.15) is 4.31 Å². The van der Waals surface area contributed by atoms with Gasteiger partial charge in [-0.25, -0.2) is 12.8 Å². The molecule has 0 unspecified atom stereocenters. The second kappa shape index (κ2) is 6.17. The first kappa shape index (κ1) is 16.0. The quantitative estimate of drug-likeness (QED) is 0.358. The third-order valence-electron chi connectivity index (χ3n) is 3.15. The van der Waals surface area contributed by atoms with Gasteiger partial charge in [0.25, 0.3) is 0 Å². The predicted octanol–water partition coefficient (Wildman–Crippen LogP) is 1.77. The van der Waals surface area contributed by atoms with Crippen molar-refractivity contribution in [3.63, 3.8) is 0 Å². The molecule has 0 heterocycles. The lowest BCUT2D eigenvalue weighted by atomic mass is 10.3. The molecule has 1 aromatic rings. The van der Waals surface area contributed by atoms with Gasteiger partial charge in [-0.1, -0.05) is 16.8 Å². The first-order valence-electron chi connectivity index (χ1n) is 6.29. The Morgan fingerprint density at radius 2 is 2.19 bits per heavy atom. The van der Waals surface area contributed by atoms with Gasteiger partial charge in [0.05, 0.1) is 5.02 Å². The molecule has 2 rings (SSSR count). The first-order chi connectivity index (χ1) is 9.86. The van der Waals surface area contributed by atoms with E-state index < -0.39 is 15.8 Å². The number of rotatable bonds is 6. The van der Waals surface area contributed by atoms with Gasteiger partial charge in [-0.15, -0.1) is 0 Å². The van der Waals surface area contributed by atoms with E-state index in [-0.39, 0.29) is 34.8 Å². The average Bonchev–Trinajstić information content (AvgIpc) is 3.25. The summed E-state index contributed by atoms with van der Waals surface area (Å²) < 4.78 is 39.8. The molecule has 1 fully saturated rings. The number of nitrogens with two attached hydrogens (primary N) is 1. The molecular weight excluding hydrogens is 321 g/mol. The maximum atomic E-state index is 13.3. The van der Waals surface area contributed by atoms with Crippen LogP contribution in [0.5, 0.6) is 0 Å². The van der Waals surface area contributed by atoms with Gasteiger partial charge in [0, 0.05) is 19.0 Å². The molecule has 116 valence electrons. The average molecular weight is 336 g/mol. The highest BCUT2D eigenvalue weighted by Gasteiger charge is 2.38. The van der Waals surface area contributed by atoms with Crippen molar-refractivity contribution in [1.82, 2.24) is 4.31 Å². The molecule has 0 saturated heterocycles. The normalized spacial score (nSPS) is 16.4. The van der Waals surface area contributed by atoms with Crippen LogP contribution in [-0.4, -0.2) is 36.4 Å². The second-order valence-electron chi connectivity index (χ2n) is 4.76. The van der Waals surface area contributed by atoms with Gasteiger partial charge in [0.15, 0.2) is 0 Å². The Kier molecular flexibility index (Phi) is 4.70. The molecule has 0 spiro atoms. The van der Waals surface area contributed by atoms with Crippen molar-refractivity contribution in [2.75, 3.05) is 6.54 Å². The van der Waals surface area contributed by atoms with E-state index in [4.69, 9.17) is 22.5 Å². The molecular formula is C12H15ClFN3O3S. The van der Waals surface area contributed by atoms with Crippen LogP contribution in [0.1, 0.15) is 19.3 Å². The molecule has 0 radical (unpaired) electrons. The number of amidine groups is 1. The maximum Gasteiger partial charge on any atom is 0.244 e. The van der Waals surface area contributed by atoms with Crippen molar-refractivity contribution in [1.29, 1.82) is 0 Å². The summed E-state index contributed by atoms with van der Waals surface area (Å²) in [5, 5.41) is 11.3. The zero-order valence-electron chi connectivity index (χ0n) is 11.0. The maximum absolute atomic E-state index is 13.3. The van der Waals surface area contributed by atoms with Gasteiger partial charge in [-0.3, -0.25) is 0 Å². The van der Waals surface area contributed by atoms with Gasteiger partial charge < -0.3 is 10.9 Å². The highest BCUT2D eigenvalue weighted by atomic mass is 35.5. The van der Waals surface area contributed by atoms with Crippen LogP contribution in [0, 0.1) is 5.82 Å². The van der Waals surface area contributed by atoms with Gasteiger partial charge in [0.2, 0.25) is 10.0 Å². The summed E-state index contributed by atoms with van der Waals surface area (Å²) in [5.41, 5.74) is 5.37. The lowest BCUT2D eigenvalue weighted by Crippen LogP contribution is -2.36. The van der Waals surface area contributed by atoms with E-state index in [2.05, 4.69) is 5.16 Å². The number of halogens is 2. The Morgan fingerprint density at radius 1 is 1.52 bits per heavy atom. The molecule has 21 heavy (non-hydrogen) atoms. The van der Waals surface area contributed by atoms with Crippen LogP contribution < -0.4 is 5.73 Å². The molecule has 0 amide bonds. The van der Waals surface area contributed by atoms with E-state index in [0.29, 0.717) is 0 Å². The van der Waals surface area contributed by atoms with E-state index in [1.807, 2.05) is 0 Å². The van der Waals surface area contributed by atoms with Crippen molar-refractivity contribution < 1.29 is 18.0 Å². The number of hydrogen-bond donors (Lipinski definition) is 2. The number of benzene rings is 1. The lowest BCUT2D eigenvalue weighted by molar-refractivity contribution is 0.315. The number of oxime groups is 1. The van der Waals surface area contributed by atoms with Crippen molar-refractivity contribution in [3.05, 3.63) is 29.0 Å². The van der Waals surface area contributed by atoms with E-state index in [1.165, 1.54) is 10.4 Å². The molecule has 0 aliphatic heterocycles. The van der Waals surface area contributed by atoms with E-state index in [0.717, 1.165) is 25.0 Å². The molecule has 1 saturated carbocycles. The van der Waals surface area contributed by atoms with Crippen LogP contribution >= 0.6 is 11.6 Å². The van der Waals surface area contributed by atoms with E-state index >= 15 is 0 Å². The lowest BCUT2D eigenvalue weighted by Gasteiger charge is -2.22. The fourth-order valence-corrected chi connectivity index (χ4v) is 4.11. The Balaban J connectivity index is 2.31. The highest BCUT2D eigenvalue weighted by Crippen LogP contribution is 2.34. The van der Waals surface area contributed by atoms with Gasteiger partial charge in [0.1, 0.15) is 16.5 Å². The Labute approximate surface area is 127 Å². The largest absolute Gasteiger partial charge is 0.409 e. The van der Waals surface area contributed by atoms with Crippen molar-refractivity contribution in [3.8, 4) is 0 Å². The van der Waals surface area contributed by atoms with Crippen LogP contribution in [0.25, 0.3) is 0 Å². The smallest absolute Gasteiger partial charge is 0.244 e. The zero-order valence-corrected chi connectivity index (χ0v) is 12.6. The summed E-state index contributed by atoms with van der Waals surface area (Å²) >= 11 is 5.88. The van der Waals surface area contributed by atoms with E-state index in [9.17, 15) is 12.8 Å². The second-order valence-corrected chi connectivity index (χ2v) is 7.03. The van der Waals surface area contributed by atoms with Crippen LogP contribution in [0.15, 0.2) is 28.3 Å². The molecule has 3 N–H and O–H groups in total. The monoisotopic (exact) mass is 335 g/mol. The van der Waals surface area contributed by atoms with Crippen molar-refractivity contribution in [2.24, 2.45) is 10.9 Å². The Hall–Kier alpha value is -1.38. The molecule has 6 nitrogen and oxygen atoms in total. The summed E-state index contributed by atoms with van der Waals surface area (Å²) in [5.74, 6) is -0.744. The van der Waals surface area contributed by atoms with Gasteiger partial charge in [-0.05, 0) is 31.0 Å². The van der Waals surface area contributed by atoms with Crippen LogP contribution in [0.4, 0.5) is 4.39 Å². The standard InChI is InChI=1S/C12H15ClFN3O3S/c13-10-4-1-8(14)7-11(10)21(19,20)17(9-2-3-9)6-5-12(15)16-18/h1,4,7,9,18H,2-3,5-6H2,(H2,15,16). The SMILES string of the molecule is N/C(CCN(C1CC1)S(=O)(=O)c1cc(F)ccc1Cl)=N/O. The van der Waals surface area contributed by atoms with Gasteiger partial charge >= 0.3 is 0 Å². The minimum absolute atomic E-state index is 0.0363. The van der Waals surface area contributed by atoms with Crippen LogP contribution in [-0.2, 0) is 10.0 Å². The molecule has 9 heteroatoms. The molecule has 0 aromatic heterocycles. The summed E-state index contributed by atoms with van der Waals surface area (Å²) in [4.78, 5) is -0.268. The molecule has 0 atom stereocenters. The first-order valence-corrected chi connectivity index (χ1v) is 8.11. The zero-order chi connectivity index (χ0) is 15.6. The molecule has 1 aliphatic carbocycles. The third kappa shape index (κ3) is 3.63. The fraction of sp³-hybridized carbons (Fsp3) is 0.417. The third-order valence-corrected chi connectivity index (χ3v) is 5.58. The summed E-state index contributed by atoms with van der Waals surface area (Å²) in [7, 11) is -3.93. The summed E-state index contributed by atoms with van der Waals surface area (Å²) in [6, 6.07) is 3.05. The minimum Gasteiger partial charge on any atom is -0.409 e. The van der Waals surface area contributed by atoms with Crippen molar-refractivity contribution >= 4 is 27.5 Å². The molecule has 1 aliphatic rings. The summed E-state index contributed by atoms with van der Waals surface area (Å²) in [6.07, 6.45) is 1.53. The minimum atomic E-state index is -3.93. The topological polar surface area (TPSA) is 96.0 Å². The van der Waals surface area contributed by atoms with Crippen LogP contribution in [0.3, 0.4) is 0 Å². The van der Waals surface area contributed by atoms with Crippen molar-refractivity contribution in [2.45, 2.75) is 30.2 Å². The van der Waals surface area contributed by atoms with E-state index in [1.54, 1.807) is 0 Å². The predicted molar refractivity (Wildman–Crippen MR) is 76.3 cm³/mol. The Morgan fingerprint density at radius 3 is 2.76 bits per heavy atom. The number of sulfonamides is 1. The summed E-state index contributed by atoms with van der Waals surface area (Å²) in [6.45, 7) is 0.0513. The number of hydrogen-bond acceptors (Lipinski definition) is 4. The molecule has 0 bridgehead atoms. The van der Waals surface area contributed by atoms with Crippen LogP contribution in [0.2, 0.25) is 5.02 Å². The molecule has 1 aromatic carbocycles. The highest BCUT2D eigenvalue weighted by molar-refractivity contribution is 7.89.